The Balaban J connectivity index is 2.76. The number of hydrogen-bond donors (Lipinski definition) is 0. The largest absolute Gasteiger partial charge is 0.494 e. The van der Waals surface area contributed by atoms with Crippen molar-refractivity contribution in [2.45, 2.75) is 19.3 Å². The molecular weight excluding hydrogens is 230 g/mol. The molecule has 0 N–H and O–H groups in total. The van der Waals surface area contributed by atoms with Gasteiger partial charge in [0, 0.05) is 13.5 Å². The fourth-order valence-electron chi connectivity index (χ4n) is 1.60. The van der Waals surface area contributed by atoms with Gasteiger partial charge in [0.2, 0.25) is 0 Å². The van der Waals surface area contributed by atoms with Gasteiger partial charge in [0.05, 0.1) is 19.3 Å². The molecule has 1 atom stereocenters. The van der Waals surface area contributed by atoms with E-state index in [4.69, 9.17) is 14.7 Å². The summed E-state index contributed by atoms with van der Waals surface area (Å²) in [7, 11) is 1.53. The number of benzene rings is 1. The summed E-state index contributed by atoms with van der Waals surface area (Å²) in [6.07, 6.45) is 0.252. The van der Waals surface area contributed by atoms with Gasteiger partial charge in [-0.25, -0.2) is 0 Å². The Morgan fingerprint density at radius 2 is 2.06 bits per heavy atom. The van der Waals surface area contributed by atoms with E-state index in [1.165, 1.54) is 7.11 Å². The molecule has 1 aromatic rings. The smallest absolute Gasteiger partial charge is 0.156 e. The molecule has 0 radical (unpaired) electrons. The molecule has 0 saturated carbocycles. The maximum Gasteiger partial charge on any atom is 0.156 e. The van der Waals surface area contributed by atoms with Gasteiger partial charge in [-0.15, -0.1) is 0 Å². The van der Waals surface area contributed by atoms with Crippen LogP contribution in [0, 0.1) is 11.3 Å². The summed E-state index contributed by atoms with van der Waals surface area (Å²) in [5, 5.41) is 9.08. The van der Waals surface area contributed by atoms with Gasteiger partial charge in [-0.1, -0.05) is 12.1 Å². The number of methoxy groups -OCH3 is 1. The Labute approximate surface area is 107 Å². The van der Waals surface area contributed by atoms with Crippen LogP contribution in [0.4, 0.5) is 0 Å². The van der Waals surface area contributed by atoms with Crippen LogP contribution in [-0.2, 0) is 9.53 Å². The van der Waals surface area contributed by atoms with E-state index in [-0.39, 0.29) is 12.2 Å². The monoisotopic (exact) mass is 247 g/mol. The highest BCUT2D eigenvalue weighted by Crippen LogP contribution is 2.21. The molecule has 0 aliphatic carbocycles. The van der Waals surface area contributed by atoms with Crippen LogP contribution in [0.25, 0.3) is 0 Å². The zero-order valence-electron chi connectivity index (χ0n) is 10.7. The Morgan fingerprint density at radius 1 is 1.39 bits per heavy atom. The van der Waals surface area contributed by atoms with E-state index >= 15 is 0 Å². The molecule has 0 aliphatic heterocycles. The van der Waals surface area contributed by atoms with Crippen LogP contribution < -0.4 is 4.74 Å². The zero-order chi connectivity index (χ0) is 13.4. The predicted octanol–water partition coefficient (Wildman–Crippen LogP) is 2.30. The Hall–Kier alpha value is -1.86. The molecule has 96 valence electrons. The maximum atomic E-state index is 11.8. The summed E-state index contributed by atoms with van der Waals surface area (Å²) in [6.45, 7) is 2.84. The highest BCUT2D eigenvalue weighted by Gasteiger charge is 2.19. The summed E-state index contributed by atoms with van der Waals surface area (Å²) in [5.41, 5.74) is 0.696. The van der Waals surface area contributed by atoms with Crippen molar-refractivity contribution in [2.75, 3.05) is 20.3 Å². The molecule has 4 heteroatoms. The first-order valence-corrected chi connectivity index (χ1v) is 5.87. The van der Waals surface area contributed by atoms with Crippen molar-refractivity contribution >= 4 is 5.78 Å². The lowest BCUT2D eigenvalue weighted by atomic mass is 9.94. The Kier molecular flexibility index (Phi) is 5.89. The first-order valence-electron chi connectivity index (χ1n) is 5.87. The molecular formula is C14H17NO3. The van der Waals surface area contributed by atoms with Crippen molar-refractivity contribution in [3.63, 3.8) is 0 Å². The molecule has 0 saturated heterocycles. The molecule has 1 unspecified atom stereocenters. The van der Waals surface area contributed by atoms with Gasteiger partial charge in [0.25, 0.3) is 0 Å². The molecule has 18 heavy (non-hydrogen) atoms. The summed E-state index contributed by atoms with van der Waals surface area (Å²) < 4.78 is 10.2. The van der Waals surface area contributed by atoms with Crippen LogP contribution in [0.5, 0.6) is 5.75 Å². The normalized spacial score (nSPS) is 11.6. The van der Waals surface area contributed by atoms with E-state index in [2.05, 4.69) is 0 Å². The summed E-state index contributed by atoms with van der Waals surface area (Å²) in [6, 6.07) is 9.08. The van der Waals surface area contributed by atoms with Gasteiger partial charge in [-0.3, -0.25) is 4.79 Å². The van der Waals surface area contributed by atoms with Crippen molar-refractivity contribution < 1.29 is 14.3 Å². The number of nitriles is 1. The average Bonchev–Trinajstić information content (AvgIpc) is 2.39. The highest BCUT2D eigenvalue weighted by molar-refractivity contribution is 5.88. The Bertz CT molecular complexity index is 420. The SMILES string of the molecule is CCOc1ccc(C(C#N)C(=O)CCOC)cc1. The van der Waals surface area contributed by atoms with Crippen molar-refractivity contribution in [3.8, 4) is 11.8 Å². The standard InChI is InChI=1S/C14H17NO3/c1-3-18-12-6-4-11(5-7-12)13(10-15)14(16)8-9-17-2/h4-7,13H,3,8-9H2,1-2H3. The number of carbonyl (C=O) groups excluding carboxylic acids is 1. The molecule has 1 rings (SSSR count). The van der Waals surface area contributed by atoms with E-state index in [9.17, 15) is 4.79 Å². The number of carbonyl (C=O) groups is 1. The van der Waals surface area contributed by atoms with Gasteiger partial charge in [-0.2, -0.15) is 5.26 Å². The molecule has 0 fully saturated rings. The minimum absolute atomic E-state index is 0.122. The minimum Gasteiger partial charge on any atom is -0.494 e. The van der Waals surface area contributed by atoms with E-state index in [0.29, 0.717) is 18.8 Å². The Morgan fingerprint density at radius 3 is 2.56 bits per heavy atom. The van der Waals surface area contributed by atoms with Gasteiger partial charge in [0.1, 0.15) is 11.7 Å². The van der Waals surface area contributed by atoms with Gasteiger partial charge >= 0.3 is 0 Å². The third kappa shape index (κ3) is 3.86. The molecule has 4 nitrogen and oxygen atoms in total. The van der Waals surface area contributed by atoms with Crippen molar-refractivity contribution in [1.82, 2.24) is 0 Å². The second-order valence-electron chi connectivity index (χ2n) is 3.77. The fraction of sp³-hybridized carbons (Fsp3) is 0.429. The van der Waals surface area contributed by atoms with E-state index < -0.39 is 5.92 Å². The first kappa shape index (κ1) is 14.2. The van der Waals surface area contributed by atoms with Crippen LogP contribution in [0.15, 0.2) is 24.3 Å². The highest BCUT2D eigenvalue weighted by atomic mass is 16.5. The van der Waals surface area contributed by atoms with Crippen molar-refractivity contribution in [3.05, 3.63) is 29.8 Å². The topological polar surface area (TPSA) is 59.3 Å². The molecule has 0 spiro atoms. The van der Waals surface area contributed by atoms with Crippen molar-refractivity contribution in [1.29, 1.82) is 5.26 Å². The van der Waals surface area contributed by atoms with Gasteiger partial charge in [-0.05, 0) is 24.6 Å². The molecule has 0 amide bonds. The van der Waals surface area contributed by atoms with E-state index in [0.717, 1.165) is 5.75 Å². The lowest BCUT2D eigenvalue weighted by Crippen LogP contribution is -2.12. The second-order valence-corrected chi connectivity index (χ2v) is 3.77. The van der Waals surface area contributed by atoms with Gasteiger partial charge in [0.15, 0.2) is 5.78 Å². The van der Waals surface area contributed by atoms with Crippen LogP contribution in [0.2, 0.25) is 0 Å². The van der Waals surface area contributed by atoms with Gasteiger partial charge < -0.3 is 9.47 Å². The second kappa shape index (κ2) is 7.46. The van der Waals surface area contributed by atoms with Crippen LogP contribution in [0.3, 0.4) is 0 Å². The molecule has 1 aromatic carbocycles. The number of ether oxygens (including phenoxy) is 2. The quantitative estimate of drug-likeness (QED) is 0.741. The van der Waals surface area contributed by atoms with Crippen molar-refractivity contribution in [2.24, 2.45) is 0 Å². The van der Waals surface area contributed by atoms with Crippen LogP contribution >= 0.6 is 0 Å². The lowest BCUT2D eigenvalue weighted by Gasteiger charge is -2.09. The van der Waals surface area contributed by atoms with E-state index in [1.807, 2.05) is 13.0 Å². The number of rotatable bonds is 7. The fourth-order valence-corrected chi connectivity index (χ4v) is 1.60. The summed E-state index contributed by atoms with van der Waals surface area (Å²) >= 11 is 0. The number of ketones is 1. The number of hydrogen-bond acceptors (Lipinski definition) is 4. The predicted molar refractivity (Wildman–Crippen MR) is 67.5 cm³/mol. The molecule has 0 heterocycles. The molecule has 0 bridgehead atoms. The maximum absolute atomic E-state index is 11.8. The van der Waals surface area contributed by atoms with E-state index in [1.54, 1.807) is 24.3 Å². The first-order chi connectivity index (χ1) is 8.72. The summed E-state index contributed by atoms with van der Waals surface area (Å²) in [4.78, 5) is 11.8. The summed E-state index contributed by atoms with van der Waals surface area (Å²) in [5.74, 6) is -0.110. The number of nitrogens with zero attached hydrogens (tertiary/aromatic N) is 1. The minimum atomic E-state index is -0.726. The third-order valence-electron chi connectivity index (χ3n) is 2.53. The lowest BCUT2D eigenvalue weighted by molar-refractivity contribution is -0.120. The van der Waals surface area contributed by atoms with Crippen LogP contribution in [0.1, 0.15) is 24.8 Å². The number of Topliss-reactive ketones (excluding diaryl/α,β-unsaturated/α-hetero) is 1. The zero-order valence-corrected chi connectivity index (χ0v) is 10.7. The molecule has 0 aromatic heterocycles. The average molecular weight is 247 g/mol. The van der Waals surface area contributed by atoms with Crippen LogP contribution in [-0.4, -0.2) is 26.1 Å². The molecule has 0 aliphatic rings. The third-order valence-corrected chi connectivity index (χ3v) is 2.53.